The standard InChI is InChI=1S/C27H34O2/c1-19(20-6-2-3-7-20)18-26(21-8-4-5-9-21)27(22-10-14-24(28)15-11-22)23-12-16-25(29)17-13-23/h10-17,19-21,28-29H,2-9,18H2,1H3/t19-/m1/s1. The maximum Gasteiger partial charge on any atom is 0.115 e. The Morgan fingerprint density at radius 1 is 0.759 bits per heavy atom. The van der Waals surface area contributed by atoms with Crippen molar-refractivity contribution in [1.29, 1.82) is 0 Å². The zero-order valence-electron chi connectivity index (χ0n) is 17.6. The van der Waals surface area contributed by atoms with Crippen LogP contribution in [-0.4, -0.2) is 10.2 Å². The van der Waals surface area contributed by atoms with E-state index in [0.29, 0.717) is 23.3 Å². The highest BCUT2D eigenvalue weighted by Gasteiger charge is 2.28. The predicted octanol–water partition coefficient (Wildman–Crippen LogP) is 7.31. The number of hydrogen-bond acceptors (Lipinski definition) is 2. The van der Waals surface area contributed by atoms with Gasteiger partial charge in [0.05, 0.1) is 0 Å². The van der Waals surface area contributed by atoms with Gasteiger partial charge < -0.3 is 10.2 Å². The first kappa shape index (κ1) is 20.1. The molecule has 0 spiro atoms. The number of phenols is 2. The number of aromatic hydroxyl groups is 2. The van der Waals surface area contributed by atoms with E-state index < -0.39 is 0 Å². The fourth-order valence-electron chi connectivity index (χ4n) is 5.58. The van der Waals surface area contributed by atoms with Crippen LogP contribution in [0.3, 0.4) is 0 Å². The lowest BCUT2D eigenvalue weighted by Crippen LogP contribution is -2.14. The summed E-state index contributed by atoms with van der Waals surface area (Å²) in [5.41, 5.74) is 5.27. The van der Waals surface area contributed by atoms with Gasteiger partial charge in [-0.05, 0) is 78.0 Å². The van der Waals surface area contributed by atoms with Crippen molar-refractivity contribution in [2.75, 3.05) is 0 Å². The van der Waals surface area contributed by atoms with Crippen molar-refractivity contribution in [2.45, 2.75) is 64.7 Å². The minimum Gasteiger partial charge on any atom is -0.508 e. The van der Waals surface area contributed by atoms with Gasteiger partial charge in [0, 0.05) is 0 Å². The quantitative estimate of drug-likeness (QED) is 0.543. The molecule has 2 aromatic carbocycles. The molecule has 1 atom stereocenters. The molecule has 0 bridgehead atoms. The van der Waals surface area contributed by atoms with Gasteiger partial charge in [-0.25, -0.2) is 0 Å². The molecule has 29 heavy (non-hydrogen) atoms. The smallest absolute Gasteiger partial charge is 0.115 e. The monoisotopic (exact) mass is 390 g/mol. The zero-order chi connectivity index (χ0) is 20.2. The molecule has 2 aromatic rings. The van der Waals surface area contributed by atoms with Gasteiger partial charge in [0.1, 0.15) is 11.5 Å². The molecule has 0 heterocycles. The van der Waals surface area contributed by atoms with Crippen LogP contribution < -0.4 is 0 Å². The molecule has 0 amide bonds. The summed E-state index contributed by atoms with van der Waals surface area (Å²) in [6.45, 7) is 2.45. The maximum absolute atomic E-state index is 9.84. The van der Waals surface area contributed by atoms with E-state index in [0.717, 1.165) is 12.3 Å². The molecule has 4 rings (SSSR count). The lowest BCUT2D eigenvalue weighted by molar-refractivity contribution is 0.353. The molecule has 154 valence electrons. The van der Waals surface area contributed by atoms with Crippen molar-refractivity contribution in [3.8, 4) is 11.5 Å². The zero-order valence-corrected chi connectivity index (χ0v) is 17.6. The van der Waals surface area contributed by atoms with Crippen molar-refractivity contribution >= 4 is 5.57 Å². The molecule has 0 aliphatic heterocycles. The van der Waals surface area contributed by atoms with Gasteiger partial charge in [-0.1, -0.05) is 75.3 Å². The lowest BCUT2D eigenvalue weighted by Gasteiger charge is -2.27. The Bertz CT molecular complexity index is 772. The fourth-order valence-corrected chi connectivity index (χ4v) is 5.58. The molecule has 2 N–H and O–H groups in total. The highest BCUT2D eigenvalue weighted by Crippen LogP contribution is 2.44. The van der Waals surface area contributed by atoms with Crippen molar-refractivity contribution in [1.82, 2.24) is 0 Å². The molecule has 2 fully saturated rings. The van der Waals surface area contributed by atoms with Crippen molar-refractivity contribution in [3.63, 3.8) is 0 Å². The van der Waals surface area contributed by atoms with Crippen LogP contribution in [0.25, 0.3) is 5.57 Å². The van der Waals surface area contributed by atoms with Crippen LogP contribution >= 0.6 is 0 Å². The van der Waals surface area contributed by atoms with Crippen molar-refractivity contribution in [3.05, 3.63) is 65.2 Å². The van der Waals surface area contributed by atoms with Crippen LogP contribution in [0.1, 0.15) is 75.8 Å². The average Bonchev–Trinajstić information content (AvgIpc) is 3.44. The van der Waals surface area contributed by atoms with Gasteiger partial charge in [-0.3, -0.25) is 0 Å². The number of phenolic OH excluding ortho intramolecular Hbond substituents is 2. The Balaban J connectivity index is 1.81. The fraction of sp³-hybridized carbons (Fsp3) is 0.481. The molecule has 2 aliphatic rings. The summed E-state index contributed by atoms with van der Waals surface area (Å²) >= 11 is 0. The minimum atomic E-state index is 0.306. The summed E-state index contributed by atoms with van der Waals surface area (Å²) in [5, 5.41) is 19.7. The average molecular weight is 391 g/mol. The van der Waals surface area contributed by atoms with E-state index in [2.05, 4.69) is 6.92 Å². The van der Waals surface area contributed by atoms with Gasteiger partial charge in [-0.15, -0.1) is 0 Å². The van der Waals surface area contributed by atoms with E-state index in [1.165, 1.54) is 68.1 Å². The summed E-state index contributed by atoms with van der Waals surface area (Å²) < 4.78 is 0. The third kappa shape index (κ3) is 4.69. The van der Waals surface area contributed by atoms with Crippen molar-refractivity contribution in [2.24, 2.45) is 17.8 Å². The lowest BCUT2D eigenvalue weighted by atomic mass is 9.78. The topological polar surface area (TPSA) is 40.5 Å². The molecular weight excluding hydrogens is 356 g/mol. The summed E-state index contributed by atoms with van der Waals surface area (Å²) in [7, 11) is 0. The molecule has 2 saturated carbocycles. The van der Waals surface area contributed by atoms with Gasteiger partial charge >= 0.3 is 0 Å². The van der Waals surface area contributed by atoms with E-state index in [1.54, 1.807) is 29.8 Å². The molecule has 2 aliphatic carbocycles. The third-order valence-corrected chi connectivity index (χ3v) is 7.23. The van der Waals surface area contributed by atoms with Crippen LogP contribution in [0.15, 0.2) is 54.1 Å². The molecular formula is C27H34O2. The molecule has 0 radical (unpaired) electrons. The first-order valence-electron chi connectivity index (χ1n) is 11.4. The van der Waals surface area contributed by atoms with E-state index in [-0.39, 0.29) is 0 Å². The Morgan fingerprint density at radius 3 is 1.69 bits per heavy atom. The molecule has 2 nitrogen and oxygen atoms in total. The Hall–Kier alpha value is -2.22. The Labute approximate surface area is 175 Å². The second kappa shape index (κ2) is 9.07. The van der Waals surface area contributed by atoms with E-state index >= 15 is 0 Å². The summed E-state index contributed by atoms with van der Waals surface area (Å²) in [4.78, 5) is 0. The minimum absolute atomic E-state index is 0.306. The summed E-state index contributed by atoms with van der Waals surface area (Å²) in [5.74, 6) is 2.82. The molecule has 0 unspecified atom stereocenters. The van der Waals surface area contributed by atoms with Gasteiger partial charge in [0.2, 0.25) is 0 Å². The Morgan fingerprint density at radius 2 is 1.21 bits per heavy atom. The van der Waals surface area contributed by atoms with Gasteiger partial charge in [-0.2, -0.15) is 0 Å². The second-order valence-electron chi connectivity index (χ2n) is 9.20. The second-order valence-corrected chi connectivity index (χ2v) is 9.20. The highest BCUT2D eigenvalue weighted by atomic mass is 16.3. The number of allylic oxidation sites excluding steroid dienone is 1. The summed E-state index contributed by atoms with van der Waals surface area (Å²) in [6, 6.07) is 15.4. The van der Waals surface area contributed by atoms with Crippen LogP contribution in [0.4, 0.5) is 0 Å². The maximum atomic E-state index is 9.84. The van der Waals surface area contributed by atoms with Gasteiger partial charge in [0.25, 0.3) is 0 Å². The van der Waals surface area contributed by atoms with E-state index in [1.807, 2.05) is 24.3 Å². The van der Waals surface area contributed by atoms with Crippen LogP contribution in [0.5, 0.6) is 11.5 Å². The first-order valence-corrected chi connectivity index (χ1v) is 11.4. The predicted molar refractivity (Wildman–Crippen MR) is 120 cm³/mol. The number of benzene rings is 2. The van der Waals surface area contributed by atoms with Crippen LogP contribution in [0, 0.1) is 17.8 Å². The molecule has 2 heteroatoms. The van der Waals surface area contributed by atoms with Crippen LogP contribution in [0.2, 0.25) is 0 Å². The Kier molecular flexibility index (Phi) is 6.28. The van der Waals surface area contributed by atoms with E-state index in [4.69, 9.17) is 0 Å². The SMILES string of the molecule is C[C@H](CC(=C(c1ccc(O)cc1)c1ccc(O)cc1)C1CCCC1)C1CCCC1. The normalized spacial score (nSPS) is 18.8. The van der Waals surface area contributed by atoms with Gasteiger partial charge in [0.15, 0.2) is 0 Å². The number of hydrogen-bond donors (Lipinski definition) is 2. The first-order chi connectivity index (χ1) is 14.1. The largest absolute Gasteiger partial charge is 0.508 e. The van der Waals surface area contributed by atoms with Crippen molar-refractivity contribution < 1.29 is 10.2 Å². The highest BCUT2D eigenvalue weighted by molar-refractivity contribution is 5.83. The summed E-state index contributed by atoms with van der Waals surface area (Å²) in [6.07, 6.45) is 11.9. The molecule has 0 aromatic heterocycles. The van der Waals surface area contributed by atoms with E-state index in [9.17, 15) is 10.2 Å². The van der Waals surface area contributed by atoms with Crippen LogP contribution in [-0.2, 0) is 0 Å². The third-order valence-electron chi connectivity index (χ3n) is 7.23. The number of rotatable bonds is 6. The molecule has 0 saturated heterocycles.